The zero-order valence-electron chi connectivity index (χ0n) is 13.4. The molecule has 1 N–H and O–H groups in total. The predicted molar refractivity (Wildman–Crippen MR) is 112 cm³/mol. The summed E-state index contributed by atoms with van der Waals surface area (Å²) in [4.78, 5) is 13.2. The van der Waals surface area contributed by atoms with Gasteiger partial charge in [-0.15, -0.1) is 0 Å². The second kappa shape index (κ2) is 7.61. The molecule has 3 nitrogen and oxygen atoms in total. The second-order valence-corrected chi connectivity index (χ2v) is 8.06. The number of hydrogen-bond donors (Lipinski definition) is 1. The van der Waals surface area contributed by atoms with E-state index < -0.39 is 5.82 Å². The van der Waals surface area contributed by atoms with Gasteiger partial charge in [0.15, 0.2) is 5.78 Å². The van der Waals surface area contributed by atoms with Crippen molar-refractivity contribution in [1.29, 1.82) is 0 Å². The molecule has 0 aliphatic rings. The van der Waals surface area contributed by atoms with E-state index in [0.717, 1.165) is 12.8 Å². The zero-order chi connectivity index (χ0) is 18.1. The van der Waals surface area contributed by atoms with Crippen molar-refractivity contribution in [1.82, 2.24) is 0 Å². The fourth-order valence-corrected chi connectivity index (χ4v) is 4.52. The Balaban J connectivity index is 2.20. The predicted octanol–water partition coefficient (Wildman–Crippen LogP) is 6.06. The minimum absolute atomic E-state index is 0.146. The third-order valence-electron chi connectivity index (χ3n) is 4.00. The first-order chi connectivity index (χ1) is 11.9. The van der Waals surface area contributed by atoms with Crippen molar-refractivity contribution in [2.75, 3.05) is 0 Å². The number of phenols is 1. The number of aromatic hydroxyl groups is 1. The van der Waals surface area contributed by atoms with Gasteiger partial charge in [0.25, 0.3) is 0 Å². The maximum atomic E-state index is 14.4. The van der Waals surface area contributed by atoms with Crippen molar-refractivity contribution in [3.05, 3.63) is 60.2 Å². The molecule has 0 aliphatic heterocycles. The van der Waals surface area contributed by atoms with E-state index in [1.165, 1.54) is 6.07 Å². The number of fused-ring (bicyclic) bond motifs is 1. The SMILES string of the molecule is CCCCc1oc2cccc(F)c2c1C(=O)c1cc(I)c(O)c(I)c1. The Kier molecular flexibility index (Phi) is 5.67. The van der Waals surface area contributed by atoms with Crippen molar-refractivity contribution >= 4 is 61.9 Å². The number of hydrogen-bond acceptors (Lipinski definition) is 3. The summed E-state index contributed by atoms with van der Waals surface area (Å²) in [7, 11) is 0. The topological polar surface area (TPSA) is 50.4 Å². The summed E-state index contributed by atoms with van der Waals surface area (Å²) < 4.78 is 21.4. The maximum absolute atomic E-state index is 14.4. The van der Waals surface area contributed by atoms with Gasteiger partial charge in [-0.05, 0) is 75.9 Å². The average Bonchev–Trinajstić information content (AvgIpc) is 2.96. The quantitative estimate of drug-likeness (QED) is 0.303. The summed E-state index contributed by atoms with van der Waals surface area (Å²) in [5, 5.41) is 10.2. The van der Waals surface area contributed by atoms with Crippen LogP contribution >= 0.6 is 45.2 Å². The molecule has 25 heavy (non-hydrogen) atoms. The largest absolute Gasteiger partial charge is 0.506 e. The summed E-state index contributed by atoms with van der Waals surface area (Å²) in [6.45, 7) is 2.05. The van der Waals surface area contributed by atoms with Crippen LogP contribution in [0.15, 0.2) is 34.7 Å². The molecule has 0 spiro atoms. The molecule has 1 heterocycles. The van der Waals surface area contributed by atoms with Crippen molar-refractivity contribution in [2.24, 2.45) is 0 Å². The number of aryl methyl sites for hydroxylation is 1. The van der Waals surface area contributed by atoms with Crippen molar-refractivity contribution in [2.45, 2.75) is 26.2 Å². The Morgan fingerprint density at radius 1 is 1.24 bits per heavy atom. The monoisotopic (exact) mass is 564 g/mol. The fourth-order valence-electron chi connectivity index (χ4n) is 2.75. The average molecular weight is 564 g/mol. The van der Waals surface area contributed by atoms with Crippen LogP contribution in [0.1, 0.15) is 41.4 Å². The number of furan rings is 1. The van der Waals surface area contributed by atoms with E-state index in [-0.39, 0.29) is 16.9 Å². The first-order valence-corrected chi connectivity index (χ1v) is 10.0. The summed E-state index contributed by atoms with van der Waals surface area (Å²) in [5.74, 6) is -0.0847. The highest BCUT2D eigenvalue weighted by Gasteiger charge is 2.25. The Bertz CT molecular complexity index is 940. The molecule has 0 fully saturated rings. The number of carbonyl (C=O) groups is 1. The van der Waals surface area contributed by atoms with E-state index in [9.17, 15) is 14.3 Å². The third kappa shape index (κ3) is 3.55. The minimum Gasteiger partial charge on any atom is -0.506 e. The third-order valence-corrected chi connectivity index (χ3v) is 5.65. The molecule has 0 bridgehead atoms. The van der Waals surface area contributed by atoms with Crippen LogP contribution in [0.4, 0.5) is 4.39 Å². The molecule has 0 aliphatic carbocycles. The molecule has 2 aromatic carbocycles. The van der Waals surface area contributed by atoms with Gasteiger partial charge in [-0.3, -0.25) is 4.79 Å². The van der Waals surface area contributed by atoms with Crippen LogP contribution in [0.2, 0.25) is 0 Å². The second-order valence-electron chi connectivity index (χ2n) is 5.73. The van der Waals surface area contributed by atoms with Crippen LogP contribution in [-0.4, -0.2) is 10.9 Å². The summed E-state index contributed by atoms with van der Waals surface area (Å²) in [5.41, 5.74) is 1.09. The van der Waals surface area contributed by atoms with Crippen molar-refractivity contribution < 1.29 is 18.7 Å². The van der Waals surface area contributed by atoms with Gasteiger partial charge in [-0.2, -0.15) is 0 Å². The highest BCUT2D eigenvalue weighted by Crippen LogP contribution is 2.33. The maximum Gasteiger partial charge on any atom is 0.197 e. The standard InChI is InChI=1S/C19H15FI2O3/c1-2-3-6-15-17(16-11(20)5-4-7-14(16)25-15)18(23)10-8-12(21)19(24)13(22)9-10/h4-5,7-9,24H,2-3,6H2,1H3. The molecule has 3 rings (SSSR count). The van der Waals surface area contributed by atoms with Gasteiger partial charge >= 0.3 is 0 Å². The van der Waals surface area contributed by atoms with Gasteiger partial charge in [0.1, 0.15) is 22.9 Å². The Morgan fingerprint density at radius 2 is 1.92 bits per heavy atom. The number of unbranched alkanes of at least 4 members (excludes halogenated alkanes) is 1. The van der Waals surface area contributed by atoms with E-state index in [1.54, 1.807) is 24.3 Å². The molecule has 0 unspecified atom stereocenters. The zero-order valence-corrected chi connectivity index (χ0v) is 17.7. The van der Waals surface area contributed by atoms with Gasteiger partial charge in [-0.25, -0.2) is 4.39 Å². The Hall–Kier alpha value is -1.16. The first-order valence-electron chi connectivity index (χ1n) is 7.86. The van der Waals surface area contributed by atoms with E-state index in [0.29, 0.717) is 36.0 Å². The van der Waals surface area contributed by atoms with Crippen molar-refractivity contribution in [3.63, 3.8) is 0 Å². The number of rotatable bonds is 5. The molecule has 0 saturated heterocycles. The number of benzene rings is 2. The molecular formula is C19H15FI2O3. The highest BCUT2D eigenvalue weighted by molar-refractivity contribution is 14.1. The molecule has 0 radical (unpaired) electrons. The van der Waals surface area contributed by atoms with Gasteiger partial charge < -0.3 is 9.52 Å². The van der Waals surface area contributed by atoms with Crippen LogP contribution in [0.25, 0.3) is 11.0 Å². The summed E-state index contributed by atoms with van der Waals surface area (Å²) in [6, 6.07) is 7.82. The summed E-state index contributed by atoms with van der Waals surface area (Å²) >= 11 is 3.96. The van der Waals surface area contributed by atoms with Crippen LogP contribution in [-0.2, 0) is 6.42 Å². The van der Waals surface area contributed by atoms with Crippen LogP contribution in [0.3, 0.4) is 0 Å². The lowest BCUT2D eigenvalue weighted by Crippen LogP contribution is -2.06. The number of ketones is 1. The van der Waals surface area contributed by atoms with Crippen LogP contribution in [0, 0.1) is 13.0 Å². The number of phenolic OH excluding ortho intramolecular Hbond substituents is 1. The van der Waals surface area contributed by atoms with Gasteiger partial charge in [0.2, 0.25) is 0 Å². The van der Waals surface area contributed by atoms with E-state index in [2.05, 4.69) is 6.92 Å². The molecule has 1 aromatic heterocycles. The lowest BCUT2D eigenvalue weighted by Gasteiger charge is -2.07. The Morgan fingerprint density at radius 3 is 2.56 bits per heavy atom. The lowest BCUT2D eigenvalue weighted by molar-refractivity contribution is 0.103. The van der Waals surface area contributed by atoms with Gasteiger partial charge in [-0.1, -0.05) is 19.4 Å². The fraction of sp³-hybridized carbons (Fsp3) is 0.211. The van der Waals surface area contributed by atoms with Gasteiger partial charge in [0, 0.05) is 12.0 Å². The van der Waals surface area contributed by atoms with Crippen molar-refractivity contribution in [3.8, 4) is 5.75 Å². The molecular weight excluding hydrogens is 549 g/mol. The highest BCUT2D eigenvalue weighted by atomic mass is 127. The number of carbonyl (C=O) groups excluding carboxylic acids is 1. The molecule has 6 heteroatoms. The number of halogens is 3. The molecule has 0 amide bonds. The lowest BCUT2D eigenvalue weighted by atomic mass is 9.98. The molecule has 0 atom stereocenters. The van der Waals surface area contributed by atoms with E-state index in [4.69, 9.17) is 4.42 Å². The smallest absolute Gasteiger partial charge is 0.197 e. The minimum atomic E-state index is -0.462. The van der Waals surface area contributed by atoms with E-state index in [1.807, 2.05) is 45.2 Å². The summed E-state index contributed by atoms with van der Waals surface area (Å²) in [6.07, 6.45) is 2.38. The first kappa shape index (κ1) is 18.6. The van der Waals surface area contributed by atoms with Gasteiger partial charge in [0.05, 0.1) is 18.1 Å². The molecule has 3 aromatic rings. The van der Waals surface area contributed by atoms with E-state index >= 15 is 0 Å². The molecule has 0 saturated carbocycles. The Labute approximate surface area is 171 Å². The van der Waals surface area contributed by atoms with Crippen LogP contribution in [0.5, 0.6) is 5.75 Å². The van der Waals surface area contributed by atoms with Crippen LogP contribution < -0.4 is 0 Å². The normalized spacial score (nSPS) is 11.2. The molecule has 130 valence electrons.